The molecule has 0 fully saturated rings. The molecule has 19 heavy (non-hydrogen) atoms. The first-order valence-electron chi connectivity index (χ1n) is 6.12. The molecule has 2 aromatic rings. The van der Waals surface area contributed by atoms with Crippen molar-refractivity contribution < 1.29 is 0 Å². The van der Waals surface area contributed by atoms with Crippen molar-refractivity contribution in [2.75, 3.05) is 5.32 Å². The molecule has 2 heterocycles. The van der Waals surface area contributed by atoms with Crippen molar-refractivity contribution in [1.29, 1.82) is 0 Å². The lowest BCUT2D eigenvalue weighted by atomic mass is 10.2. The fourth-order valence-electron chi connectivity index (χ4n) is 1.95. The molecule has 0 amide bonds. The van der Waals surface area contributed by atoms with Crippen LogP contribution in [0, 0.1) is 0 Å². The summed E-state index contributed by atoms with van der Waals surface area (Å²) in [4.78, 5) is 4.62. The van der Waals surface area contributed by atoms with Gasteiger partial charge in [0, 0.05) is 31.5 Å². The second-order valence-corrected chi connectivity index (χ2v) is 4.69. The third-order valence-corrected chi connectivity index (χ3v) is 3.07. The van der Waals surface area contributed by atoms with Crippen molar-refractivity contribution in [3.63, 3.8) is 0 Å². The Morgan fingerprint density at radius 3 is 3.00 bits per heavy atom. The Balaban J connectivity index is 2.16. The quantitative estimate of drug-likeness (QED) is 0.812. The Hall–Kier alpha value is -1.95. The number of nitrogens with zero attached hydrogens (tertiary/aromatic N) is 3. The summed E-state index contributed by atoms with van der Waals surface area (Å²) in [6.45, 7) is 2.75. The highest BCUT2D eigenvalue weighted by Crippen LogP contribution is 2.14. The highest BCUT2D eigenvalue weighted by Gasteiger charge is 2.09. The molecule has 3 N–H and O–H groups in total. The maximum absolute atomic E-state index is 5.68. The molecular weight excluding hydrogens is 258 g/mol. The number of anilines is 1. The first-order chi connectivity index (χ1) is 9.11. The standard InChI is InChI=1S/C13H17N5S/c1-3-11-9(8-18(2)17-11)7-16-13-10(12(14)19)5-4-6-15-13/h4-6,8H,3,7H2,1-2H3,(H2,14,19)(H,15,16). The molecule has 2 rings (SSSR count). The highest BCUT2D eigenvalue weighted by molar-refractivity contribution is 7.80. The van der Waals surface area contributed by atoms with E-state index in [9.17, 15) is 0 Å². The normalized spacial score (nSPS) is 10.4. The van der Waals surface area contributed by atoms with Gasteiger partial charge in [0.25, 0.3) is 0 Å². The molecule has 0 spiro atoms. The van der Waals surface area contributed by atoms with Gasteiger partial charge in [-0.1, -0.05) is 19.1 Å². The number of thiocarbonyl (C=S) groups is 1. The van der Waals surface area contributed by atoms with E-state index in [2.05, 4.69) is 22.3 Å². The third-order valence-electron chi connectivity index (χ3n) is 2.85. The molecule has 0 aliphatic rings. The molecule has 100 valence electrons. The summed E-state index contributed by atoms with van der Waals surface area (Å²) in [6, 6.07) is 3.68. The van der Waals surface area contributed by atoms with Crippen LogP contribution in [0.4, 0.5) is 5.82 Å². The number of hydrogen-bond donors (Lipinski definition) is 2. The minimum Gasteiger partial charge on any atom is -0.389 e. The molecule has 0 unspecified atom stereocenters. The highest BCUT2D eigenvalue weighted by atomic mass is 32.1. The Labute approximate surface area is 117 Å². The number of aromatic nitrogens is 3. The second-order valence-electron chi connectivity index (χ2n) is 4.25. The monoisotopic (exact) mass is 275 g/mol. The average molecular weight is 275 g/mol. The van der Waals surface area contributed by atoms with Crippen LogP contribution >= 0.6 is 12.2 Å². The zero-order chi connectivity index (χ0) is 13.8. The Bertz CT molecular complexity index is 590. The molecule has 0 saturated carbocycles. The van der Waals surface area contributed by atoms with E-state index in [1.54, 1.807) is 6.20 Å². The maximum Gasteiger partial charge on any atom is 0.136 e. The minimum atomic E-state index is 0.345. The van der Waals surface area contributed by atoms with Gasteiger partial charge in [-0.05, 0) is 18.6 Å². The number of hydrogen-bond acceptors (Lipinski definition) is 4. The predicted octanol–water partition coefficient (Wildman–Crippen LogP) is 1.62. The van der Waals surface area contributed by atoms with E-state index in [1.807, 2.05) is 30.1 Å². The van der Waals surface area contributed by atoms with Gasteiger partial charge in [-0.15, -0.1) is 0 Å². The Kier molecular flexibility index (Phi) is 4.11. The van der Waals surface area contributed by atoms with Crippen molar-refractivity contribution in [3.05, 3.63) is 41.3 Å². The molecule has 0 aliphatic heterocycles. The second kappa shape index (κ2) is 5.79. The molecular formula is C13H17N5S. The lowest BCUT2D eigenvalue weighted by Gasteiger charge is -2.09. The van der Waals surface area contributed by atoms with Gasteiger partial charge < -0.3 is 11.1 Å². The first-order valence-corrected chi connectivity index (χ1v) is 6.52. The van der Waals surface area contributed by atoms with E-state index in [-0.39, 0.29) is 0 Å². The van der Waals surface area contributed by atoms with Crippen LogP contribution < -0.4 is 11.1 Å². The van der Waals surface area contributed by atoms with Crippen LogP contribution in [0.25, 0.3) is 0 Å². The van der Waals surface area contributed by atoms with Crippen LogP contribution in [-0.2, 0) is 20.0 Å². The van der Waals surface area contributed by atoms with Gasteiger partial charge in [0.1, 0.15) is 10.8 Å². The number of rotatable bonds is 5. The summed E-state index contributed by atoms with van der Waals surface area (Å²) in [5, 5.41) is 7.67. The van der Waals surface area contributed by atoms with Gasteiger partial charge in [-0.25, -0.2) is 4.98 Å². The van der Waals surface area contributed by atoms with E-state index in [0.717, 1.165) is 23.2 Å². The van der Waals surface area contributed by atoms with Gasteiger partial charge in [-0.2, -0.15) is 5.10 Å². The summed E-state index contributed by atoms with van der Waals surface area (Å²) in [6.07, 6.45) is 4.63. The van der Waals surface area contributed by atoms with Crippen LogP contribution in [0.3, 0.4) is 0 Å². The van der Waals surface area contributed by atoms with Crippen molar-refractivity contribution in [2.24, 2.45) is 12.8 Å². The smallest absolute Gasteiger partial charge is 0.136 e. The van der Waals surface area contributed by atoms with Crippen LogP contribution in [0.1, 0.15) is 23.7 Å². The van der Waals surface area contributed by atoms with E-state index < -0.39 is 0 Å². The van der Waals surface area contributed by atoms with E-state index in [1.165, 1.54) is 0 Å². The molecule has 2 aromatic heterocycles. The summed E-state index contributed by atoms with van der Waals surface area (Å²) in [5.74, 6) is 0.709. The van der Waals surface area contributed by atoms with Crippen molar-refractivity contribution >= 4 is 23.0 Å². The maximum atomic E-state index is 5.68. The first kappa shape index (κ1) is 13.5. The Morgan fingerprint density at radius 1 is 1.53 bits per heavy atom. The van der Waals surface area contributed by atoms with Crippen LogP contribution in [-0.4, -0.2) is 19.8 Å². The van der Waals surface area contributed by atoms with Gasteiger partial charge in [-0.3, -0.25) is 4.68 Å². The molecule has 0 aromatic carbocycles. The van der Waals surface area contributed by atoms with Gasteiger partial charge in [0.05, 0.1) is 11.3 Å². The lowest BCUT2D eigenvalue weighted by molar-refractivity contribution is 0.746. The molecule has 0 bridgehead atoms. The molecule has 0 saturated heterocycles. The van der Waals surface area contributed by atoms with Crippen LogP contribution in [0.15, 0.2) is 24.5 Å². The van der Waals surface area contributed by atoms with Crippen molar-refractivity contribution in [2.45, 2.75) is 19.9 Å². The zero-order valence-corrected chi connectivity index (χ0v) is 11.9. The Morgan fingerprint density at radius 2 is 2.32 bits per heavy atom. The predicted molar refractivity (Wildman–Crippen MR) is 80.0 cm³/mol. The molecule has 5 nitrogen and oxygen atoms in total. The summed E-state index contributed by atoms with van der Waals surface area (Å²) < 4.78 is 1.82. The van der Waals surface area contributed by atoms with Gasteiger partial charge >= 0.3 is 0 Å². The fourth-order valence-corrected chi connectivity index (χ4v) is 2.12. The van der Waals surface area contributed by atoms with Crippen molar-refractivity contribution in [1.82, 2.24) is 14.8 Å². The summed E-state index contributed by atoms with van der Waals surface area (Å²) >= 11 is 5.01. The third kappa shape index (κ3) is 3.08. The van der Waals surface area contributed by atoms with Crippen LogP contribution in [0.2, 0.25) is 0 Å². The molecule has 0 aliphatic carbocycles. The van der Waals surface area contributed by atoms with E-state index in [0.29, 0.717) is 17.4 Å². The molecule has 0 atom stereocenters. The molecule has 6 heteroatoms. The SMILES string of the molecule is CCc1nn(C)cc1CNc1ncccc1C(N)=S. The average Bonchev–Trinajstić information content (AvgIpc) is 2.77. The number of pyridine rings is 1. The fraction of sp³-hybridized carbons (Fsp3) is 0.308. The van der Waals surface area contributed by atoms with E-state index in [4.69, 9.17) is 18.0 Å². The summed E-state index contributed by atoms with van der Waals surface area (Å²) in [7, 11) is 1.92. The zero-order valence-electron chi connectivity index (χ0n) is 11.1. The topological polar surface area (TPSA) is 68.8 Å². The van der Waals surface area contributed by atoms with Crippen LogP contribution in [0.5, 0.6) is 0 Å². The summed E-state index contributed by atoms with van der Waals surface area (Å²) in [5.41, 5.74) is 8.68. The number of nitrogens with one attached hydrogen (secondary N) is 1. The van der Waals surface area contributed by atoms with Gasteiger partial charge in [0.2, 0.25) is 0 Å². The lowest BCUT2D eigenvalue weighted by Crippen LogP contribution is -2.14. The minimum absolute atomic E-state index is 0.345. The number of nitrogens with two attached hydrogens (primary N) is 1. The van der Waals surface area contributed by atoms with Crippen molar-refractivity contribution in [3.8, 4) is 0 Å². The molecule has 0 radical (unpaired) electrons. The number of aryl methyl sites for hydroxylation is 2. The van der Waals surface area contributed by atoms with E-state index >= 15 is 0 Å². The van der Waals surface area contributed by atoms with Gasteiger partial charge in [0.15, 0.2) is 0 Å². The largest absolute Gasteiger partial charge is 0.389 e.